The van der Waals surface area contributed by atoms with Gasteiger partial charge in [0.1, 0.15) is 5.82 Å². The van der Waals surface area contributed by atoms with Gasteiger partial charge in [-0.3, -0.25) is 9.36 Å². The third kappa shape index (κ3) is 1.75. The number of aryl methyl sites for hydroxylation is 1. The van der Waals surface area contributed by atoms with Gasteiger partial charge in [0, 0.05) is 12.5 Å². The highest BCUT2D eigenvalue weighted by Gasteiger charge is 2.27. The quantitative estimate of drug-likeness (QED) is 0.809. The van der Waals surface area contributed by atoms with Crippen LogP contribution in [0.5, 0.6) is 0 Å². The summed E-state index contributed by atoms with van der Waals surface area (Å²) in [6, 6.07) is 8.04. The fourth-order valence-corrected chi connectivity index (χ4v) is 2.30. The van der Waals surface area contributed by atoms with Gasteiger partial charge < -0.3 is 0 Å². The zero-order valence-corrected chi connectivity index (χ0v) is 10.0. The molecule has 1 fully saturated rings. The van der Waals surface area contributed by atoms with Gasteiger partial charge in [-0.25, -0.2) is 4.98 Å². The molecule has 1 aliphatic carbocycles. The molecule has 2 aromatic rings. The Hall–Kier alpha value is -1.64. The number of nitrogens with zero attached hydrogens (tertiary/aromatic N) is 2. The molecule has 0 saturated heterocycles. The average Bonchev–Trinajstić information content (AvgIpc) is 3.14. The van der Waals surface area contributed by atoms with E-state index < -0.39 is 0 Å². The number of hydrogen-bond donors (Lipinski definition) is 0. The minimum absolute atomic E-state index is 0.140. The molecular weight excluding hydrogens is 212 g/mol. The van der Waals surface area contributed by atoms with Gasteiger partial charge in [0.05, 0.1) is 10.9 Å². The maximum atomic E-state index is 12.4. The molecule has 0 amide bonds. The second-order valence-corrected chi connectivity index (χ2v) is 4.70. The highest BCUT2D eigenvalue weighted by Crippen LogP contribution is 2.34. The summed E-state index contributed by atoms with van der Waals surface area (Å²) in [5, 5.41) is 0.749. The largest absolute Gasteiger partial charge is 0.293 e. The first-order valence-corrected chi connectivity index (χ1v) is 6.31. The predicted octanol–water partition coefficient (Wildman–Crippen LogP) is 2.68. The number of rotatable bonds is 3. The molecule has 17 heavy (non-hydrogen) atoms. The van der Waals surface area contributed by atoms with E-state index in [0.29, 0.717) is 6.04 Å². The second kappa shape index (κ2) is 3.99. The Morgan fingerprint density at radius 1 is 1.35 bits per heavy atom. The van der Waals surface area contributed by atoms with Crippen LogP contribution >= 0.6 is 0 Å². The lowest BCUT2D eigenvalue weighted by Gasteiger charge is -2.11. The summed E-state index contributed by atoms with van der Waals surface area (Å²) in [5.74, 6) is 0.957. The number of fused-ring (bicyclic) bond motifs is 1. The Balaban J connectivity index is 2.30. The summed E-state index contributed by atoms with van der Waals surface area (Å²) in [4.78, 5) is 17.1. The Bertz CT molecular complexity index is 611. The van der Waals surface area contributed by atoms with Crippen molar-refractivity contribution in [3.05, 3.63) is 40.4 Å². The summed E-state index contributed by atoms with van der Waals surface area (Å²) in [6.07, 6.45) is 4.15. The highest BCUT2D eigenvalue weighted by molar-refractivity contribution is 5.77. The molecule has 3 heteroatoms. The molecule has 3 rings (SSSR count). The van der Waals surface area contributed by atoms with Crippen molar-refractivity contribution in [3.63, 3.8) is 0 Å². The molecule has 0 unspecified atom stereocenters. The second-order valence-electron chi connectivity index (χ2n) is 4.70. The van der Waals surface area contributed by atoms with Crippen molar-refractivity contribution in [2.45, 2.75) is 38.6 Å². The molecule has 1 aromatic carbocycles. The summed E-state index contributed by atoms with van der Waals surface area (Å²) in [6.45, 7) is 2.12. The first kappa shape index (κ1) is 10.5. The smallest absolute Gasteiger partial charge is 0.261 e. The van der Waals surface area contributed by atoms with E-state index in [9.17, 15) is 4.79 Å². The van der Waals surface area contributed by atoms with E-state index in [1.165, 1.54) is 0 Å². The molecule has 0 radical (unpaired) electrons. The van der Waals surface area contributed by atoms with Crippen LogP contribution in [0.25, 0.3) is 10.9 Å². The Kier molecular flexibility index (Phi) is 2.46. The number of benzene rings is 1. The zero-order valence-electron chi connectivity index (χ0n) is 10.0. The third-order valence-electron chi connectivity index (χ3n) is 3.27. The van der Waals surface area contributed by atoms with Crippen molar-refractivity contribution < 1.29 is 0 Å². The number of hydrogen-bond acceptors (Lipinski definition) is 2. The molecule has 0 atom stereocenters. The summed E-state index contributed by atoms with van der Waals surface area (Å²) < 4.78 is 1.92. The molecule has 0 bridgehead atoms. The van der Waals surface area contributed by atoms with Crippen molar-refractivity contribution in [1.29, 1.82) is 0 Å². The standard InChI is InChI=1S/C14H16N2O/c1-2-5-13-15-12-7-4-3-6-11(12)14(17)16(13)10-8-9-10/h3-4,6-7,10H,2,5,8-9H2,1H3. The highest BCUT2D eigenvalue weighted by atomic mass is 16.1. The van der Waals surface area contributed by atoms with E-state index >= 15 is 0 Å². The minimum atomic E-state index is 0.140. The molecule has 0 spiro atoms. The average molecular weight is 228 g/mol. The molecule has 1 aromatic heterocycles. The van der Waals surface area contributed by atoms with Gasteiger partial charge >= 0.3 is 0 Å². The van der Waals surface area contributed by atoms with E-state index in [1.807, 2.05) is 28.8 Å². The number of aromatic nitrogens is 2. The van der Waals surface area contributed by atoms with Crippen molar-refractivity contribution in [3.8, 4) is 0 Å². The lowest BCUT2D eigenvalue weighted by molar-refractivity contribution is 0.631. The predicted molar refractivity (Wildman–Crippen MR) is 68.3 cm³/mol. The summed E-state index contributed by atoms with van der Waals surface area (Å²) in [5.41, 5.74) is 0.972. The Labute approximate surface area is 100 Å². The third-order valence-corrected chi connectivity index (χ3v) is 3.27. The van der Waals surface area contributed by atoms with Crippen LogP contribution < -0.4 is 5.56 Å². The van der Waals surface area contributed by atoms with Crippen LogP contribution in [0.1, 0.15) is 38.1 Å². The van der Waals surface area contributed by atoms with Gasteiger partial charge in [0.25, 0.3) is 5.56 Å². The topological polar surface area (TPSA) is 34.9 Å². The van der Waals surface area contributed by atoms with Gasteiger partial charge in [-0.2, -0.15) is 0 Å². The molecule has 1 heterocycles. The van der Waals surface area contributed by atoms with Gasteiger partial charge in [-0.05, 0) is 31.4 Å². The normalized spacial score (nSPS) is 15.4. The van der Waals surface area contributed by atoms with E-state index in [2.05, 4.69) is 11.9 Å². The van der Waals surface area contributed by atoms with E-state index in [4.69, 9.17) is 0 Å². The van der Waals surface area contributed by atoms with Gasteiger partial charge in [-0.15, -0.1) is 0 Å². The fraction of sp³-hybridized carbons (Fsp3) is 0.429. The Morgan fingerprint density at radius 2 is 2.12 bits per heavy atom. The summed E-state index contributed by atoms with van der Waals surface area (Å²) >= 11 is 0. The zero-order chi connectivity index (χ0) is 11.8. The van der Waals surface area contributed by atoms with E-state index in [0.717, 1.165) is 42.4 Å². The van der Waals surface area contributed by atoms with Crippen LogP contribution in [0.2, 0.25) is 0 Å². The van der Waals surface area contributed by atoms with Crippen molar-refractivity contribution >= 4 is 10.9 Å². The van der Waals surface area contributed by atoms with Crippen LogP contribution in [-0.2, 0) is 6.42 Å². The molecule has 0 aliphatic heterocycles. The molecule has 3 nitrogen and oxygen atoms in total. The van der Waals surface area contributed by atoms with Crippen molar-refractivity contribution in [2.24, 2.45) is 0 Å². The molecule has 88 valence electrons. The van der Waals surface area contributed by atoms with Gasteiger partial charge in [0.2, 0.25) is 0 Å². The fourth-order valence-electron chi connectivity index (χ4n) is 2.30. The van der Waals surface area contributed by atoms with E-state index in [1.54, 1.807) is 0 Å². The van der Waals surface area contributed by atoms with Crippen molar-refractivity contribution in [2.75, 3.05) is 0 Å². The lowest BCUT2D eigenvalue weighted by atomic mass is 10.2. The van der Waals surface area contributed by atoms with E-state index in [-0.39, 0.29) is 5.56 Å². The maximum Gasteiger partial charge on any atom is 0.261 e. The molecular formula is C14H16N2O. The van der Waals surface area contributed by atoms with Crippen molar-refractivity contribution in [1.82, 2.24) is 9.55 Å². The Morgan fingerprint density at radius 3 is 2.82 bits per heavy atom. The van der Waals surface area contributed by atoms with Crippen LogP contribution in [0.3, 0.4) is 0 Å². The molecule has 1 aliphatic rings. The first-order valence-electron chi connectivity index (χ1n) is 6.31. The van der Waals surface area contributed by atoms with Crippen LogP contribution in [0, 0.1) is 0 Å². The maximum absolute atomic E-state index is 12.4. The van der Waals surface area contributed by atoms with Gasteiger partial charge in [-0.1, -0.05) is 19.1 Å². The summed E-state index contributed by atoms with van der Waals surface area (Å²) in [7, 11) is 0. The molecule has 0 N–H and O–H groups in total. The molecule has 1 saturated carbocycles. The first-order chi connectivity index (χ1) is 8.31. The minimum Gasteiger partial charge on any atom is -0.293 e. The number of para-hydroxylation sites is 1. The van der Waals surface area contributed by atoms with Crippen LogP contribution in [0.15, 0.2) is 29.1 Å². The SMILES string of the molecule is CCCc1nc2ccccc2c(=O)n1C1CC1. The van der Waals surface area contributed by atoms with Gasteiger partial charge in [0.15, 0.2) is 0 Å². The lowest BCUT2D eigenvalue weighted by Crippen LogP contribution is -2.24. The van der Waals surface area contributed by atoms with Crippen LogP contribution in [-0.4, -0.2) is 9.55 Å². The van der Waals surface area contributed by atoms with Crippen LogP contribution in [0.4, 0.5) is 0 Å². The monoisotopic (exact) mass is 228 g/mol.